The zero-order valence-electron chi connectivity index (χ0n) is 8.31. The molecule has 16 heavy (non-hydrogen) atoms. The standard InChI is InChI=1S/C11H9BrN2OS/c12-10-2-1-9(16-10)11(15)14-7-8-3-5-13-6-4-8/h1-6H,7H2,(H,14,15). The summed E-state index contributed by atoms with van der Waals surface area (Å²) in [5.74, 6) is -0.0486. The van der Waals surface area contributed by atoms with Crippen molar-refractivity contribution in [2.45, 2.75) is 6.54 Å². The van der Waals surface area contributed by atoms with Gasteiger partial charge in [0.1, 0.15) is 0 Å². The number of carbonyl (C=O) groups is 1. The lowest BCUT2D eigenvalue weighted by atomic mass is 10.3. The highest BCUT2D eigenvalue weighted by molar-refractivity contribution is 9.11. The average Bonchev–Trinajstić information content (AvgIpc) is 2.74. The maximum atomic E-state index is 11.7. The summed E-state index contributed by atoms with van der Waals surface area (Å²) in [6.45, 7) is 0.525. The number of amides is 1. The van der Waals surface area contributed by atoms with Crippen LogP contribution in [0.1, 0.15) is 15.2 Å². The lowest BCUT2D eigenvalue weighted by Crippen LogP contribution is -2.21. The number of thiophene rings is 1. The average molecular weight is 297 g/mol. The molecule has 5 heteroatoms. The second kappa shape index (κ2) is 5.23. The first-order chi connectivity index (χ1) is 7.75. The lowest BCUT2D eigenvalue weighted by Gasteiger charge is -2.02. The first-order valence-corrected chi connectivity index (χ1v) is 6.29. The van der Waals surface area contributed by atoms with Gasteiger partial charge in [0.2, 0.25) is 0 Å². The molecule has 2 aromatic heterocycles. The Labute approximate surface area is 106 Å². The Bertz CT molecular complexity index is 484. The van der Waals surface area contributed by atoms with Crippen molar-refractivity contribution < 1.29 is 4.79 Å². The molecule has 0 bridgehead atoms. The summed E-state index contributed by atoms with van der Waals surface area (Å²) in [5, 5.41) is 2.85. The van der Waals surface area contributed by atoms with Crippen LogP contribution in [0.2, 0.25) is 0 Å². The van der Waals surface area contributed by atoms with Gasteiger partial charge in [0, 0.05) is 18.9 Å². The maximum absolute atomic E-state index is 11.7. The highest BCUT2D eigenvalue weighted by Crippen LogP contribution is 2.21. The van der Waals surface area contributed by atoms with Gasteiger partial charge in [-0.1, -0.05) is 0 Å². The van der Waals surface area contributed by atoms with Crippen LogP contribution >= 0.6 is 27.3 Å². The van der Waals surface area contributed by atoms with Crippen molar-refractivity contribution in [3.8, 4) is 0 Å². The van der Waals surface area contributed by atoms with Gasteiger partial charge in [-0.05, 0) is 45.8 Å². The van der Waals surface area contributed by atoms with Crippen LogP contribution in [-0.2, 0) is 6.54 Å². The van der Waals surface area contributed by atoms with Crippen molar-refractivity contribution in [3.63, 3.8) is 0 Å². The van der Waals surface area contributed by atoms with E-state index in [0.29, 0.717) is 11.4 Å². The molecule has 0 aliphatic rings. The van der Waals surface area contributed by atoms with E-state index in [9.17, 15) is 4.79 Å². The van der Waals surface area contributed by atoms with E-state index < -0.39 is 0 Å². The van der Waals surface area contributed by atoms with Gasteiger partial charge in [0.15, 0.2) is 0 Å². The van der Waals surface area contributed by atoms with E-state index in [2.05, 4.69) is 26.2 Å². The first-order valence-electron chi connectivity index (χ1n) is 4.68. The maximum Gasteiger partial charge on any atom is 0.261 e. The Morgan fingerprint density at radius 3 is 2.69 bits per heavy atom. The largest absolute Gasteiger partial charge is 0.347 e. The molecule has 0 aromatic carbocycles. The zero-order chi connectivity index (χ0) is 11.4. The highest BCUT2D eigenvalue weighted by atomic mass is 79.9. The summed E-state index contributed by atoms with van der Waals surface area (Å²) < 4.78 is 0.960. The molecule has 2 heterocycles. The van der Waals surface area contributed by atoms with Gasteiger partial charge in [0.05, 0.1) is 8.66 Å². The van der Waals surface area contributed by atoms with E-state index in [0.717, 1.165) is 9.35 Å². The number of aromatic nitrogens is 1. The van der Waals surface area contributed by atoms with Crippen molar-refractivity contribution in [1.29, 1.82) is 0 Å². The third-order valence-electron chi connectivity index (χ3n) is 2.00. The minimum atomic E-state index is -0.0486. The molecule has 0 fully saturated rings. The topological polar surface area (TPSA) is 42.0 Å². The number of pyridine rings is 1. The van der Waals surface area contributed by atoms with Gasteiger partial charge in [-0.25, -0.2) is 0 Å². The molecule has 0 radical (unpaired) electrons. The molecular weight excluding hydrogens is 288 g/mol. The molecule has 0 atom stereocenters. The fourth-order valence-electron chi connectivity index (χ4n) is 1.21. The molecule has 0 aliphatic carbocycles. The summed E-state index contributed by atoms with van der Waals surface area (Å²) in [6, 6.07) is 7.43. The van der Waals surface area contributed by atoms with Gasteiger partial charge in [-0.3, -0.25) is 9.78 Å². The van der Waals surface area contributed by atoms with Crippen LogP contribution < -0.4 is 5.32 Å². The second-order valence-corrected chi connectivity index (χ2v) is 5.60. The summed E-state index contributed by atoms with van der Waals surface area (Å²) >= 11 is 4.75. The van der Waals surface area contributed by atoms with Crippen molar-refractivity contribution >= 4 is 33.2 Å². The van der Waals surface area contributed by atoms with Crippen LogP contribution in [0.3, 0.4) is 0 Å². The second-order valence-electron chi connectivity index (χ2n) is 3.14. The van der Waals surface area contributed by atoms with Crippen LogP contribution in [-0.4, -0.2) is 10.9 Å². The van der Waals surface area contributed by atoms with Crippen LogP contribution in [0.25, 0.3) is 0 Å². The summed E-state index contributed by atoms with van der Waals surface area (Å²) in [4.78, 5) is 16.3. The molecule has 0 saturated carbocycles. The van der Waals surface area contributed by atoms with Gasteiger partial charge >= 0.3 is 0 Å². The number of hydrogen-bond donors (Lipinski definition) is 1. The fourth-order valence-corrected chi connectivity index (χ4v) is 2.51. The van der Waals surface area contributed by atoms with Crippen LogP contribution in [0.4, 0.5) is 0 Å². The zero-order valence-corrected chi connectivity index (χ0v) is 10.7. The molecule has 2 rings (SSSR count). The van der Waals surface area contributed by atoms with Gasteiger partial charge in [0.25, 0.3) is 5.91 Å². The SMILES string of the molecule is O=C(NCc1ccncc1)c1ccc(Br)s1. The third kappa shape index (κ3) is 2.90. The molecule has 0 aliphatic heterocycles. The lowest BCUT2D eigenvalue weighted by molar-refractivity contribution is 0.0955. The molecule has 82 valence electrons. The number of nitrogens with zero attached hydrogens (tertiary/aromatic N) is 1. The number of carbonyl (C=O) groups excluding carboxylic acids is 1. The molecule has 0 unspecified atom stereocenters. The van der Waals surface area contributed by atoms with E-state index in [1.807, 2.05) is 18.2 Å². The minimum Gasteiger partial charge on any atom is -0.347 e. The Hall–Kier alpha value is -1.20. The number of rotatable bonds is 3. The molecule has 3 nitrogen and oxygen atoms in total. The van der Waals surface area contributed by atoms with Crippen molar-refractivity contribution in [1.82, 2.24) is 10.3 Å². The van der Waals surface area contributed by atoms with Crippen molar-refractivity contribution in [2.75, 3.05) is 0 Å². The van der Waals surface area contributed by atoms with E-state index in [1.165, 1.54) is 11.3 Å². The van der Waals surface area contributed by atoms with Gasteiger partial charge in [-0.2, -0.15) is 0 Å². The quantitative estimate of drug-likeness (QED) is 0.946. The molecule has 1 amide bonds. The smallest absolute Gasteiger partial charge is 0.261 e. The molecule has 0 spiro atoms. The Kier molecular flexibility index (Phi) is 3.69. The van der Waals surface area contributed by atoms with E-state index in [4.69, 9.17) is 0 Å². The molecule has 0 saturated heterocycles. The van der Waals surface area contributed by atoms with Crippen LogP contribution in [0.5, 0.6) is 0 Å². The van der Waals surface area contributed by atoms with E-state index in [1.54, 1.807) is 18.5 Å². The molecule has 2 aromatic rings. The number of hydrogen-bond acceptors (Lipinski definition) is 3. The summed E-state index contributed by atoms with van der Waals surface area (Å²) in [5.41, 5.74) is 1.04. The Morgan fingerprint density at radius 2 is 2.06 bits per heavy atom. The number of nitrogens with one attached hydrogen (secondary N) is 1. The van der Waals surface area contributed by atoms with Crippen LogP contribution in [0, 0.1) is 0 Å². The summed E-state index contributed by atoms with van der Waals surface area (Å²) in [6.07, 6.45) is 3.42. The predicted octanol–water partition coefficient (Wildman–Crippen LogP) is 2.84. The first kappa shape index (κ1) is 11.3. The van der Waals surface area contributed by atoms with Gasteiger partial charge in [-0.15, -0.1) is 11.3 Å². The van der Waals surface area contributed by atoms with Crippen LogP contribution in [0.15, 0.2) is 40.4 Å². The third-order valence-corrected chi connectivity index (χ3v) is 3.62. The van der Waals surface area contributed by atoms with E-state index >= 15 is 0 Å². The summed E-state index contributed by atoms with van der Waals surface area (Å²) in [7, 11) is 0. The fraction of sp³-hybridized carbons (Fsp3) is 0.0909. The minimum absolute atomic E-state index is 0.0486. The Balaban J connectivity index is 1.94. The normalized spacial score (nSPS) is 10.1. The number of halogens is 1. The monoisotopic (exact) mass is 296 g/mol. The highest BCUT2D eigenvalue weighted by Gasteiger charge is 2.07. The molecule has 1 N–H and O–H groups in total. The van der Waals surface area contributed by atoms with Crippen molar-refractivity contribution in [2.24, 2.45) is 0 Å². The van der Waals surface area contributed by atoms with Crippen molar-refractivity contribution in [3.05, 3.63) is 50.9 Å². The van der Waals surface area contributed by atoms with E-state index in [-0.39, 0.29) is 5.91 Å². The Morgan fingerprint density at radius 1 is 1.31 bits per heavy atom. The molecular formula is C11H9BrN2OS. The van der Waals surface area contributed by atoms with Gasteiger partial charge < -0.3 is 5.32 Å². The predicted molar refractivity (Wildman–Crippen MR) is 67.4 cm³/mol.